The maximum absolute atomic E-state index is 11.8. The summed E-state index contributed by atoms with van der Waals surface area (Å²) in [5, 5.41) is 11.8. The Bertz CT molecular complexity index is 572. The minimum atomic E-state index is -0.970. The summed E-state index contributed by atoms with van der Waals surface area (Å²) in [5.41, 5.74) is 0.944. The van der Waals surface area contributed by atoms with Crippen molar-refractivity contribution in [1.82, 2.24) is 0 Å². The second kappa shape index (κ2) is 7.93. The van der Waals surface area contributed by atoms with E-state index in [1.807, 2.05) is 60.7 Å². The highest BCUT2D eigenvalue weighted by atomic mass is 16.5. The summed E-state index contributed by atoms with van der Waals surface area (Å²) >= 11 is 0. The van der Waals surface area contributed by atoms with E-state index in [1.165, 1.54) is 0 Å². The Morgan fingerprint density at radius 2 is 1.50 bits per heavy atom. The van der Waals surface area contributed by atoms with Gasteiger partial charge >= 0.3 is 0 Å². The topological polar surface area (TPSA) is 38.7 Å². The first-order chi connectivity index (χ1) is 11.7. The van der Waals surface area contributed by atoms with Gasteiger partial charge in [0.2, 0.25) is 0 Å². The monoisotopic (exact) mass is 326 g/mol. The van der Waals surface area contributed by atoms with E-state index in [1.54, 1.807) is 7.11 Å². The number of hydrogen-bond acceptors (Lipinski definition) is 3. The average molecular weight is 326 g/mol. The van der Waals surface area contributed by atoms with Crippen molar-refractivity contribution in [2.45, 2.75) is 31.0 Å². The van der Waals surface area contributed by atoms with E-state index in [2.05, 4.69) is 0 Å². The van der Waals surface area contributed by atoms with Crippen molar-refractivity contribution in [1.29, 1.82) is 0 Å². The molecule has 3 nitrogen and oxygen atoms in total. The van der Waals surface area contributed by atoms with Crippen molar-refractivity contribution in [3.63, 3.8) is 0 Å². The maximum atomic E-state index is 11.8. The van der Waals surface area contributed by atoms with E-state index in [9.17, 15) is 5.11 Å². The van der Waals surface area contributed by atoms with E-state index in [0.29, 0.717) is 13.2 Å². The molecule has 0 spiro atoms. The van der Waals surface area contributed by atoms with Crippen LogP contribution in [-0.4, -0.2) is 31.5 Å². The van der Waals surface area contributed by atoms with Crippen LogP contribution >= 0.6 is 0 Å². The fourth-order valence-electron chi connectivity index (χ4n) is 3.79. The Balaban J connectivity index is 1.84. The van der Waals surface area contributed by atoms with E-state index >= 15 is 0 Å². The van der Waals surface area contributed by atoms with Gasteiger partial charge in [0.25, 0.3) is 0 Å². The zero-order valence-electron chi connectivity index (χ0n) is 14.2. The molecule has 3 heteroatoms. The Morgan fingerprint density at radius 3 is 2.04 bits per heavy atom. The molecule has 24 heavy (non-hydrogen) atoms. The molecular formula is C21H26O3. The van der Waals surface area contributed by atoms with Crippen molar-refractivity contribution in [3.8, 4) is 0 Å². The molecule has 0 aromatic heterocycles. The van der Waals surface area contributed by atoms with Gasteiger partial charge in [0.1, 0.15) is 5.60 Å². The number of benzene rings is 2. The molecule has 1 aliphatic rings. The second-order valence-electron chi connectivity index (χ2n) is 6.49. The van der Waals surface area contributed by atoms with Gasteiger partial charge in [0.15, 0.2) is 0 Å². The molecule has 2 aromatic rings. The summed E-state index contributed by atoms with van der Waals surface area (Å²) in [6.07, 6.45) is 3.00. The maximum Gasteiger partial charge on any atom is 0.117 e. The smallest absolute Gasteiger partial charge is 0.117 e. The molecular weight excluding hydrogens is 300 g/mol. The molecule has 0 heterocycles. The predicted molar refractivity (Wildman–Crippen MR) is 94.8 cm³/mol. The lowest BCUT2D eigenvalue weighted by molar-refractivity contribution is -0.00718. The van der Waals surface area contributed by atoms with E-state index in [0.717, 1.165) is 30.4 Å². The lowest BCUT2D eigenvalue weighted by Gasteiger charge is -2.35. The quantitative estimate of drug-likeness (QED) is 0.788. The summed E-state index contributed by atoms with van der Waals surface area (Å²) in [6, 6.07) is 20.0. The Hall–Kier alpha value is -1.68. The summed E-state index contributed by atoms with van der Waals surface area (Å²) in [4.78, 5) is 0. The van der Waals surface area contributed by atoms with Crippen LogP contribution in [0.4, 0.5) is 0 Å². The van der Waals surface area contributed by atoms with Crippen molar-refractivity contribution in [2.24, 2.45) is 5.92 Å². The zero-order valence-corrected chi connectivity index (χ0v) is 14.2. The molecule has 0 bridgehead atoms. The largest absolute Gasteiger partial charge is 0.382 e. The Morgan fingerprint density at radius 1 is 0.917 bits per heavy atom. The van der Waals surface area contributed by atoms with Crippen LogP contribution in [0.2, 0.25) is 0 Å². The third-order valence-electron chi connectivity index (χ3n) is 5.04. The van der Waals surface area contributed by atoms with Crippen molar-refractivity contribution in [3.05, 3.63) is 71.8 Å². The van der Waals surface area contributed by atoms with Crippen LogP contribution in [0.25, 0.3) is 0 Å². The molecule has 128 valence electrons. The first kappa shape index (κ1) is 17.2. The van der Waals surface area contributed by atoms with Gasteiger partial charge < -0.3 is 14.6 Å². The third kappa shape index (κ3) is 3.54. The summed E-state index contributed by atoms with van der Waals surface area (Å²) in [7, 11) is 1.68. The van der Waals surface area contributed by atoms with E-state index < -0.39 is 5.60 Å². The zero-order chi connectivity index (χ0) is 16.8. The van der Waals surface area contributed by atoms with Gasteiger partial charge in [-0.3, -0.25) is 0 Å². The van der Waals surface area contributed by atoms with Crippen LogP contribution in [-0.2, 0) is 15.1 Å². The molecule has 2 atom stereocenters. The number of aliphatic hydroxyl groups is 1. The number of rotatable bonds is 7. The standard InChI is InChI=1S/C21H26O3/c1-23-14-15-24-20-13-12-19(16-20)21(22,17-8-4-2-5-9-17)18-10-6-3-7-11-18/h2-11,19-20,22H,12-16H2,1H3/t19-,20-/m0/s1. The van der Waals surface area contributed by atoms with Crippen LogP contribution < -0.4 is 0 Å². The molecule has 0 radical (unpaired) electrons. The number of ether oxygens (including phenoxy) is 2. The molecule has 3 rings (SSSR count). The lowest BCUT2D eigenvalue weighted by atomic mass is 9.75. The van der Waals surface area contributed by atoms with E-state index in [4.69, 9.17) is 9.47 Å². The summed E-state index contributed by atoms with van der Waals surface area (Å²) in [6.45, 7) is 1.23. The van der Waals surface area contributed by atoms with E-state index in [-0.39, 0.29) is 12.0 Å². The molecule has 0 saturated heterocycles. The lowest BCUT2D eigenvalue weighted by Crippen LogP contribution is -2.35. The minimum absolute atomic E-state index is 0.148. The van der Waals surface area contributed by atoms with Gasteiger partial charge in [0, 0.05) is 7.11 Å². The van der Waals surface area contributed by atoms with Crippen molar-refractivity contribution >= 4 is 0 Å². The fraction of sp³-hybridized carbons (Fsp3) is 0.429. The van der Waals surface area contributed by atoms with Crippen molar-refractivity contribution in [2.75, 3.05) is 20.3 Å². The highest BCUT2D eigenvalue weighted by Gasteiger charge is 2.44. The molecule has 2 aromatic carbocycles. The van der Waals surface area contributed by atoms with Gasteiger partial charge in [-0.1, -0.05) is 60.7 Å². The Kier molecular flexibility index (Phi) is 5.67. The van der Waals surface area contributed by atoms with Crippen LogP contribution in [0.15, 0.2) is 60.7 Å². The van der Waals surface area contributed by atoms with Gasteiger partial charge in [0.05, 0.1) is 19.3 Å². The summed E-state index contributed by atoms with van der Waals surface area (Å²) < 4.78 is 11.0. The predicted octanol–water partition coefficient (Wildman–Crippen LogP) is 3.75. The van der Waals surface area contributed by atoms with Gasteiger partial charge in [-0.05, 0) is 36.3 Å². The first-order valence-electron chi connectivity index (χ1n) is 8.69. The average Bonchev–Trinajstić information content (AvgIpc) is 3.12. The van der Waals surface area contributed by atoms with Gasteiger partial charge in [-0.2, -0.15) is 0 Å². The summed E-state index contributed by atoms with van der Waals surface area (Å²) in [5.74, 6) is 0.148. The Labute approximate surface area is 144 Å². The third-order valence-corrected chi connectivity index (χ3v) is 5.04. The molecule has 0 unspecified atom stereocenters. The highest BCUT2D eigenvalue weighted by molar-refractivity contribution is 5.37. The second-order valence-corrected chi connectivity index (χ2v) is 6.49. The number of hydrogen-bond donors (Lipinski definition) is 1. The molecule has 1 saturated carbocycles. The van der Waals surface area contributed by atoms with Gasteiger partial charge in [-0.25, -0.2) is 0 Å². The highest BCUT2D eigenvalue weighted by Crippen LogP contribution is 2.45. The van der Waals surface area contributed by atoms with Crippen LogP contribution in [0, 0.1) is 5.92 Å². The fourth-order valence-corrected chi connectivity index (χ4v) is 3.79. The first-order valence-corrected chi connectivity index (χ1v) is 8.69. The molecule has 1 fully saturated rings. The number of methoxy groups -OCH3 is 1. The van der Waals surface area contributed by atoms with Gasteiger partial charge in [-0.15, -0.1) is 0 Å². The van der Waals surface area contributed by atoms with Crippen LogP contribution in [0.5, 0.6) is 0 Å². The normalized spacial score (nSPS) is 21.1. The van der Waals surface area contributed by atoms with Crippen LogP contribution in [0.1, 0.15) is 30.4 Å². The molecule has 1 N–H and O–H groups in total. The molecule has 0 aliphatic heterocycles. The molecule has 1 aliphatic carbocycles. The van der Waals surface area contributed by atoms with Crippen molar-refractivity contribution < 1.29 is 14.6 Å². The SMILES string of the molecule is COCCO[C@H]1CC[C@H](C(O)(c2ccccc2)c2ccccc2)C1. The van der Waals surface area contributed by atoms with Crippen LogP contribution in [0.3, 0.4) is 0 Å². The molecule has 0 amide bonds. The minimum Gasteiger partial charge on any atom is -0.382 e.